The summed E-state index contributed by atoms with van der Waals surface area (Å²) in [5.41, 5.74) is 0. The van der Waals surface area contributed by atoms with Crippen molar-refractivity contribution in [3.8, 4) is 0 Å². The molecule has 0 aliphatic heterocycles. The summed E-state index contributed by atoms with van der Waals surface area (Å²) in [7, 11) is 0. The maximum absolute atomic E-state index is 11.3. The van der Waals surface area contributed by atoms with Crippen LogP contribution in [0.3, 0.4) is 0 Å². The molecule has 61 valence electrons. The van der Waals surface area contributed by atoms with Crippen molar-refractivity contribution in [2.24, 2.45) is 0 Å². The molecule has 0 rings (SSSR count). The molecule has 0 atom stereocenters. The summed E-state index contributed by atoms with van der Waals surface area (Å²) in [5.74, 6) is 0. The summed E-state index contributed by atoms with van der Waals surface area (Å²) in [5, 5.41) is 0. The number of rotatable bonds is 6. The van der Waals surface area contributed by atoms with Gasteiger partial charge in [0.1, 0.15) is 0 Å². The second kappa shape index (κ2) is 7.86. The Morgan fingerprint density at radius 3 is 1.70 bits per heavy atom. The van der Waals surface area contributed by atoms with Gasteiger partial charge in [0, 0.05) is 0 Å². The molecule has 1 nitrogen and oxygen atoms in total. The van der Waals surface area contributed by atoms with Crippen LogP contribution in [-0.4, -0.2) is 20.2 Å². The molecule has 0 spiro atoms. The Kier molecular flexibility index (Phi) is 8.46. The second-order valence-electron chi connectivity index (χ2n) is 2.91. The van der Waals surface area contributed by atoms with Crippen molar-refractivity contribution < 1.29 is 3.44 Å². The number of unbranched alkanes of at least 4 members (excludes halogenated alkanes) is 2. The van der Waals surface area contributed by atoms with Crippen molar-refractivity contribution in [2.45, 2.75) is 48.4 Å². The first-order valence-electron chi connectivity index (χ1n) is 4.47. The number of hydrogen-bond donors (Lipinski definition) is 0. The summed E-state index contributed by atoms with van der Waals surface area (Å²) >= 11 is -2.11. The van der Waals surface area contributed by atoms with Gasteiger partial charge in [0.15, 0.2) is 0 Å². The van der Waals surface area contributed by atoms with E-state index in [-0.39, 0.29) is 0 Å². The Hall–Kier alpha value is 0.759. The van der Waals surface area contributed by atoms with Gasteiger partial charge in [-0.1, -0.05) is 0 Å². The summed E-state index contributed by atoms with van der Waals surface area (Å²) < 4.78 is 13.4. The van der Waals surface area contributed by atoms with Gasteiger partial charge >= 0.3 is 72.0 Å². The van der Waals surface area contributed by atoms with E-state index in [0.29, 0.717) is 0 Å². The van der Waals surface area contributed by atoms with Crippen LogP contribution in [0.2, 0.25) is 8.87 Å². The van der Waals surface area contributed by atoms with Crippen LogP contribution in [0, 0.1) is 0 Å². The van der Waals surface area contributed by atoms with Gasteiger partial charge in [-0.15, -0.1) is 0 Å². The molecule has 0 saturated heterocycles. The van der Waals surface area contributed by atoms with E-state index in [1.54, 1.807) is 0 Å². The van der Waals surface area contributed by atoms with E-state index in [0.717, 1.165) is 8.87 Å². The van der Waals surface area contributed by atoms with Crippen LogP contribution in [0.25, 0.3) is 0 Å². The molecular formula is C8H19OSn. The quantitative estimate of drug-likeness (QED) is 0.646. The molecule has 0 N–H and O–H groups in total. The fourth-order valence-corrected chi connectivity index (χ4v) is 6.76. The summed E-state index contributed by atoms with van der Waals surface area (Å²) in [6, 6.07) is 0. The first-order chi connectivity index (χ1) is 4.81. The molecule has 1 radical (unpaired) electrons. The van der Waals surface area contributed by atoms with E-state index in [1.165, 1.54) is 25.7 Å². The predicted octanol–water partition coefficient (Wildman–Crippen LogP) is 2.74. The molecule has 2 heteroatoms. The zero-order valence-corrected chi connectivity index (χ0v) is 10.5. The van der Waals surface area contributed by atoms with E-state index >= 15 is 0 Å². The monoisotopic (exact) mass is 251 g/mol. The molecule has 0 aliphatic carbocycles. The van der Waals surface area contributed by atoms with Gasteiger partial charge in [0.05, 0.1) is 0 Å². The molecular weight excluding hydrogens is 231 g/mol. The van der Waals surface area contributed by atoms with Gasteiger partial charge in [-0.25, -0.2) is 0 Å². The number of hydrogen-bond acceptors (Lipinski definition) is 0. The minimum absolute atomic E-state index is 1.10. The van der Waals surface area contributed by atoms with Crippen LogP contribution in [-0.2, 0) is 3.44 Å². The second-order valence-corrected chi connectivity index (χ2v) is 9.75. The Balaban J connectivity index is 3.00. The molecule has 0 aromatic rings. The van der Waals surface area contributed by atoms with Gasteiger partial charge in [0.2, 0.25) is 0 Å². The fourth-order valence-electron chi connectivity index (χ4n) is 1.01. The molecule has 0 fully saturated rings. The molecule has 10 heavy (non-hydrogen) atoms. The van der Waals surface area contributed by atoms with Crippen LogP contribution in [0.15, 0.2) is 0 Å². The standard InChI is InChI=1S/2C4H9.O.Sn.H/c2*1-3-4-2;;;/h2*1,3-4H2,2H3;;;. The van der Waals surface area contributed by atoms with Crippen LogP contribution in [0.5, 0.6) is 0 Å². The molecule has 0 heterocycles. The maximum atomic E-state index is 11.3. The Morgan fingerprint density at radius 1 is 1.00 bits per heavy atom. The summed E-state index contributed by atoms with van der Waals surface area (Å²) in [6.07, 6.45) is 4.82. The normalized spacial score (nSPS) is 10.8. The first-order valence-corrected chi connectivity index (χ1v) is 10.5. The third kappa shape index (κ3) is 6.87. The van der Waals surface area contributed by atoms with Crippen molar-refractivity contribution in [1.29, 1.82) is 0 Å². The van der Waals surface area contributed by atoms with Crippen molar-refractivity contribution in [3.05, 3.63) is 0 Å². The van der Waals surface area contributed by atoms with Crippen molar-refractivity contribution in [1.82, 2.24) is 0 Å². The third-order valence-corrected chi connectivity index (χ3v) is 7.77. The zero-order chi connectivity index (χ0) is 7.82. The van der Waals surface area contributed by atoms with Crippen molar-refractivity contribution in [2.75, 3.05) is 0 Å². The molecule has 0 bridgehead atoms. The average molecular weight is 250 g/mol. The van der Waals surface area contributed by atoms with Crippen LogP contribution in [0.1, 0.15) is 39.5 Å². The molecule has 0 aromatic carbocycles. The minimum atomic E-state index is -2.11. The van der Waals surface area contributed by atoms with Crippen LogP contribution in [0.4, 0.5) is 0 Å². The van der Waals surface area contributed by atoms with Gasteiger partial charge in [0.25, 0.3) is 0 Å². The SMILES string of the molecule is CCC[CH2][SnH]([O])[CH2]CCC. The fraction of sp³-hybridized carbons (Fsp3) is 1.00. The molecule has 0 unspecified atom stereocenters. The van der Waals surface area contributed by atoms with E-state index in [1.807, 2.05) is 0 Å². The summed E-state index contributed by atoms with van der Waals surface area (Å²) in [6.45, 7) is 4.33. The van der Waals surface area contributed by atoms with Gasteiger partial charge in [-0.05, 0) is 0 Å². The van der Waals surface area contributed by atoms with Crippen molar-refractivity contribution >= 4 is 20.2 Å². The molecule has 0 aliphatic rings. The van der Waals surface area contributed by atoms with Gasteiger partial charge < -0.3 is 0 Å². The van der Waals surface area contributed by atoms with E-state index in [9.17, 15) is 3.44 Å². The van der Waals surface area contributed by atoms with Gasteiger partial charge in [-0.3, -0.25) is 0 Å². The molecule has 0 amide bonds. The zero-order valence-electron chi connectivity index (χ0n) is 7.23. The average Bonchev–Trinajstić information content (AvgIpc) is 1.97. The summed E-state index contributed by atoms with van der Waals surface area (Å²) in [4.78, 5) is 0. The third-order valence-electron chi connectivity index (χ3n) is 1.76. The topological polar surface area (TPSA) is 19.9 Å². The molecule has 0 aromatic heterocycles. The van der Waals surface area contributed by atoms with Crippen LogP contribution >= 0.6 is 0 Å². The van der Waals surface area contributed by atoms with Crippen LogP contribution < -0.4 is 0 Å². The molecule has 0 saturated carbocycles. The Labute approximate surface area is 72.1 Å². The predicted molar refractivity (Wildman–Crippen MR) is 47.3 cm³/mol. The van der Waals surface area contributed by atoms with E-state index in [4.69, 9.17) is 0 Å². The van der Waals surface area contributed by atoms with Gasteiger partial charge in [-0.2, -0.15) is 0 Å². The van der Waals surface area contributed by atoms with E-state index in [2.05, 4.69) is 13.8 Å². The Bertz CT molecular complexity index is 58.3. The first kappa shape index (κ1) is 10.8. The van der Waals surface area contributed by atoms with Crippen molar-refractivity contribution in [3.63, 3.8) is 0 Å². The van der Waals surface area contributed by atoms with E-state index < -0.39 is 20.2 Å². The Morgan fingerprint density at radius 2 is 1.40 bits per heavy atom.